The quantitative estimate of drug-likeness (QED) is 0.407. The van der Waals surface area contributed by atoms with Crippen LogP contribution in [0.2, 0.25) is 0 Å². The molecule has 6 nitrogen and oxygen atoms in total. The van der Waals surface area contributed by atoms with Crippen LogP contribution in [-0.2, 0) is 19.1 Å². The topological polar surface area (TPSA) is 96.3 Å². The number of carbonyl (C=O) groups is 3. The standard InChI is InChI=1S/C15H26N2O4S2/c1-10(2)21-15(20)12(6-5-11(18)9-16)17-14(19)13(23-4)7-8-22-3/h9-10,12-13,16H,5-8H2,1-4H3,(H,17,19)/t12-,13-/m0/s1. The summed E-state index contributed by atoms with van der Waals surface area (Å²) in [7, 11) is 0. The van der Waals surface area contributed by atoms with Gasteiger partial charge in [-0.2, -0.15) is 23.5 Å². The van der Waals surface area contributed by atoms with Gasteiger partial charge >= 0.3 is 5.97 Å². The zero-order valence-corrected chi connectivity index (χ0v) is 15.7. The van der Waals surface area contributed by atoms with E-state index >= 15 is 0 Å². The average molecular weight is 363 g/mol. The van der Waals surface area contributed by atoms with Gasteiger partial charge in [-0.1, -0.05) is 0 Å². The van der Waals surface area contributed by atoms with Crippen LogP contribution in [0.5, 0.6) is 0 Å². The lowest BCUT2D eigenvalue weighted by atomic mass is 10.1. The van der Waals surface area contributed by atoms with Gasteiger partial charge < -0.3 is 15.5 Å². The molecule has 1 amide bonds. The molecular formula is C15H26N2O4S2. The second-order valence-corrected chi connectivity index (χ2v) is 7.23. The van der Waals surface area contributed by atoms with Crippen LogP contribution in [0.4, 0.5) is 0 Å². The Kier molecular flexibility index (Phi) is 11.9. The van der Waals surface area contributed by atoms with Crippen molar-refractivity contribution in [1.82, 2.24) is 5.32 Å². The molecule has 2 atom stereocenters. The molecule has 0 unspecified atom stereocenters. The van der Waals surface area contributed by atoms with E-state index in [-0.39, 0.29) is 35.9 Å². The van der Waals surface area contributed by atoms with Crippen LogP contribution in [0.15, 0.2) is 0 Å². The van der Waals surface area contributed by atoms with Crippen LogP contribution in [0.1, 0.15) is 33.1 Å². The second kappa shape index (κ2) is 12.4. The molecule has 0 saturated carbocycles. The molecule has 0 saturated heterocycles. The normalized spacial score (nSPS) is 13.3. The molecule has 0 fully saturated rings. The van der Waals surface area contributed by atoms with Gasteiger partial charge in [0.1, 0.15) is 6.04 Å². The van der Waals surface area contributed by atoms with Gasteiger partial charge in [0, 0.05) is 6.42 Å². The van der Waals surface area contributed by atoms with E-state index in [1.165, 1.54) is 11.8 Å². The van der Waals surface area contributed by atoms with Crippen molar-refractivity contribution in [3.63, 3.8) is 0 Å². The van der Waals surface area contributed by atoms with E-state index in [1.807, 2.05) is 12.5 Å². The number of amides is 1. The number of hydrogen-bond donors (Lipinski definition) is 2. The molecule has 0 aliphatic carbocycles. The largest absolute Gasteiger partial charge is 0.461 e. The minimum absolute atomic E-state index is 0.0242. The van der Waals surface area contributed by atoms with Gasteiger partial charge in [0.15, 0.2) is 5.78 Å². The summed E-state index contributed by atoms with van der Waals surface area (Å²) in [5.41, 5.74) is 0. The predicted octanol–water partition coefficient (Wildman–Crippen LogP) is 1.91. The van der Waals surface area contributed by atoms with E-state index in [0.717, 1.165) is 12.0 Å². The summed E-state index contributed by atoms with van der Waals surface area (Å²) in [6.45, 7) is 3.45. The third-order valence-corrected chi connectivity index (χ3v) is 4.62. The van der Waals surface area contributed by atoms with Crippen molar-refractivity contribution < 1.29 is 19.1 Å². The Balaban J connectivity index is 4.82. The van der Waals surface area contributed by atoms with Crippen LogP contribution in [0.25, 0.3) is 0 Å². The third kappa shape index (κ3) is 9.65. The highest BCUT2D eigenvalue weighted by molar-refractivity contribution is 8.00. The molecular weight excluding hydrogens is 336 g/mol. The summed E-state index contributed by atoms with van der Waals surface area (Å²) in [4.78, 5) is 35.7. The van der Waals surface area contributed by atoms with E-state index in [9.17, 15) is 14.4 Å². The van der Waals surface area contributed by atoms with E-state index in [0.29, 0.717) is 6.42 Å². The first-order valence-electron chi connectivity index (χ1n) is 7.41. The molecule has 0 bridgehead atoms. The van der Waals surface area contributed by atoms with Gasteiger partial charge in [0.05, 0.1) is 17.6 Å². The van der Waals surface area contributed by atoms with Crippen molar-refractivity contribution in [3.05, 3.63) is 0 Å². The fourth-order valence-corrected chi connectivity index (χ4v) is 3.02. The highest BCUT2D eigenvalue weighted by Crippen LogP contribution is 2.15. The maximum Gasteiger partial charge on any atom is 0.328 e. The predicted molar refractivity (Wildman–Crippen MR) is 96.5 cm³/mol. The summed E-state index contributed by atoms with van der Waals surface area (Å²) < 4.78 is 5.14. The van der Waals surface area contributed by atoms with E-state index < -0.39 is 12.0 Å². The maximum absolute atomic E-state index is 12.3. The van der Waals surface area contributed by atoms with E-state index in [2.05, 4.69) is 5.32 Å². The van der Waals surface area contributed by atoms with E-state index in [4.69, 9.17) is 10.1 Å². The van der Waals surface area contributed by atoms with Crippen LogP contribution >= 0.6 is 23.5 Å². The summed E-state index contributed by atoms with van der Waals surface area (Å²) >= 11 is 3.09. The molecule has 2 N–H and O–H groups in total. The SMILES string of the molecule is CSCC[C@H](SC)C(=O)N[C@@H](CCC(=O)C=N)C(=O)OC(C)C. The first-order chi connectivity index (χ1) is 10.8. The highest BCUT2D eigenvalue weighted by atomic mass is 32.2. The number of carbonyl (C=O) groups excluding carboxylic acids is 3. The Morgan fingerprint density at radius 1 is 1.22 bits per heavy atom. The molecule has 132 valence electrons. The van der Waals surface area contributed by atoms with Crippen molar-refractivity contribution in [1.29, 1.82) is 5.41 Å². The van der Waals surface area contributed by atoms with Crippen LogP contribution in [0, 0.1) is 5.41 Å². The number of Topliss-reactive ketones (excluding diaryl/α,β-unsaturated/α-hetero) is 1. The first-order valence-corrected chi connectivity index (χ1v) is 10.1. The van der Waals surface area contributed by atoms with Crippen LogP contribution in [-0.4, -0.2) is 59.5 Å². The molecule has 0 aliphatic heterocycles. The number of nitrogens with one attached hydrogen (secondary N) is 2. The molecule has 0 radical (unpaired) electrons. The Morgan fingerprint density at radius 2 is 1.87 bits per heavy atom. The number of hydrogen-bond acceptors (Lipinski definition) is 7. The summed E-state index contributed by atoms with van der Waals surface area (Å²) in [5, 5.41) is 9.36. The zero-order valence-electron chi connectivity index (χ0n) is 14.1. The summed E-state index contributed by atoms with van der Waals surface area (Å²) in [6, 6.07) is -0.863. The molecule has 23 heavy (non-hydrogen) atoms. The Morgan fingerprint density at radius 3 is 2.35 bits per heavy atom. The number of ketones is 1. The van der Waals surface area contributed by atoms with Crippen LogP contribution in [0.3, 0.4) is 0 Å². The second-order valence-electron chi connectivity index (χ2n) is 5.20. The lowest BCUT2D eigenvalue weighted by Gasteiger charge is -2.21. The molecule has 0 heterocycles. The maximum atomic E-state index is 12.3. The van der Waals surface area contributed by atoms with Crippen molar-refractivity contribution in [2.24, 2.45) is 0 Å². The Labute approximate surface area is 146 Å². The third-order valence-electron chi connectivity index (χ3n) is 2.95. The molecule has 0 aliphatic rings. The highest BCUT2D eigenvalue weighted by Gasteiger charge is 2.27. The molecule has 0 aromatic rings. The van der Waals surface area contributed by atoms with E-state index in [1.54, 1.807) is 25.6 Å². The van der Waals surface area contributed by atoms with Crippen LogP contribution < -0.4 is 5.32 Å². The minimum Gasteiger partial charge on any atom is -0.461 e. The lowest BCUT2D eigenvalue weighted by molar-refractivity contribution is -0.151. The number of ether oxygens (including phenoxy) is 1. The summed E-state index contributed by atoms with van der Waals surface area (Å²) in [6.07, 6.45) is 5.11. The van der Waals surface area contributed by atoms with Gasteiger partial charge in [0.25, 0.3) is 0 Å². The molecule has 0 spiro atoms. The molecule has 0 rings (SSSR count). The minimum atomic E-state index is -0.863. The number of rotatable bonds is 12. The summed E-state index contributed by atoms with van der Waals surface area (Å²) in [5.74, 6) is -0.299. The van der Waals surface area contributed by atoms with Gasteiger partial charge in [0.2, 0.25) is 5.91 Å². The molecule has 0 aromatic heterocycles. The fourth-order valence-electron chi connectivity index (χ4n) is 1.77. The molecule has 0 aromatic carbocycles. The van der Waals surface area contributed by atoms with Gasteiger partial charge in [-0.3, -0.25) is 9.59 Å². The van der Waals surface area contributed by atoms with Gasteiger partial charge in [-0.15, -0.1) is 0 Å². The zero-order chi connectivity index (χ0) is 17.8. The van der Waals surface area contributed by atoms with Gasteiger partial charge in [-0.25, -0.2) is 4.79 Å². The average Bonchev–Trinajstić information content (AvgIpc) is 2.50. The lowest BCUT2D eigenvalue weighted by Crippen LogP contribution is -2.46. The smallest absolute Gasteiger partial charge is 0.328 e. The Hall–Kier alpha value is -1.02. The Bertz CT molecular complexity index is 416. The van der Waals surface area contributed by atoms with Crippen molar-refractivity contribution in [2.45, 2.75) is 50.5 Å². The number of thioether (sulfide) groups is 2. The molecule has 8 heteroatoms. The first kappa shape index (κ1) is 22.0. The fraction of sp³-hybridized carbons (Fsp3) is 0.733. The monoisotopic (exact) mass is 362 g/mol. The van der Waals surface area contributed by atoms with Gasteiger partial charge in [-0.05, 0) is 45.0 Å². The van der Waals surface area contributed by atoms with Crippen molar-refractivity contribution in [3.8, 4) is 0 Å². The van der Waals surface area contributed by atoms with Crippen molar-refractivity contribution in [2.75, 3.05) is 18.3 Å². The number of esters is 1. The van der Waals surface area contributed by atoms with Crippen molar-refractivity contribution >= 4 is 47.4 Å².